The molecule has 0 bridgehead atoms. The number of aliphatic carboxylic acids is 1. The molecule has 0 saturated heterocycles. The van der Waals surface area contributed by atoms with E-state index in [0.29, 0.717) is 26.2 Å². The van der Waals surface area contributed by atoms with E-state index in [1.165, 1.54) is 7.05 Å². The van der Waals surface area contributed by atoms with E-state index in [1.807, 2.05) is 0 Å². The number of amides is 2. The number of carboxylic acid groups (broad SMARTS) is 1. The van der Waals surface area contributed by atoms with Crippen LogP contribution in [0, 0.1) is 0 Å². The van der Waals surface area contributed by atoms with Gasteiger partial charge in [-0.2, -0.15) is 0 Å². The molecule has 0 aliphatic heterocycles. The Morgan fingerprint density at radius 3 is 2.05 bits per heavy atom. The minimum Gasteiger partial charge on any atom is -0.480 e. The summed E-state index contributed by atoms with van der Waals surface area (Å²) in [4.78, 5) is 34.4. The fourth-order valence-electron chi connectivity index (χ4n) is 1.52. The van der Waals surface area contributed by atoms with Crippen LogP contribution in [0.1, 0.15) is 0 Å². The van der Waals surface area contributed by atoms with Crippen LogP contribution in [0.2, 0.25) is 0 Å². The van der Waals surface area contributed by atoms with E-state index in [0.717, 1.165) is 0 Å². The standard InChI is InChI=1S/C12H25N5O4.H2O/c1-13-10(18)7-16-4-3-15-5-6-17(9-12(20)21)8-11(19)14-2;/h15-16H,3-9H2,1-2H3,(H,13,18)(H,14,19)(H,20,21);1H2. The Morgan fingerprint density at radius 2 is 1.50 bits per heavy atom. The summed E-state index contributed by atoms with van der Waals surface area (Å²) in [6.45, 7) is 2.43. The summed E-state index contributed by atoms with van der Waals surface area (Å²) in [5.41, 5.74) is 0. The number of hydrogen-bond acceptors (Lipinski definition) is 6. The van der Waals surface area contributed by atoms with Crippen LogP contribution in [0.15, 0.2) is 0 Å². The predicted molar refractivity (Wildman–Crippen MR) is 81.6 cm³/mol. The highest BCUT2D eigenvalue weighted by Crippen LogP contribution is 1.87. The highest BCUT2D eigenvalue weighted by Gasteiger charge is 2.12. The summed E-state index contributed by atoms with van der Waals surface area (Å²) in [5, 5.41) is 19.8. The highest BCUT2D eigenvalue weighted by atomic mass is 16.4. The lowest BCUT2D eigenvalue weighted by molar-refractivity contribution is -0.138. The third-order valence-electron chi connectivity index (χ3n) is 2.65. The maximum absolute atomic E-state index is 11.3. The largest absolute Gasteiger partial charge is 0.480 e. The molecule has 2 amide bonds. The van der Waals surface area contributed by atoms with Gasteiger partial charge in [0.2, 0.25) is 11.8 Å². The van der Waals surface area contributed by atoms with Crippen LogP contribution in [-0.2, 0) is 14.4 Å². The van der Waals surface area contributed by atoms with Gasteiger partial charge in [-0.05, 0) is 0 Å². The molecule has 7 N–H and O–H groups in total. The fourth-order valence-corrected chi connectivity index (χ4v) is 1.52. The molecular formula is C12H27N5O5. The Balaban J connectivity index is 0. The number of carboxylic acids is 1. The van der Waals surface area contributed by atoms with Gasteiger partial charge in [0.15, 0.2) is 0 Å². The first-order chi connectivity index (χ1) is 9.99. The van der Waals surface area contributed by atoms with Gasteiger partial charge in [-0.25, -0.2) is 0 Å². The van der Waals surface area contributed by atoms with Crippen LogP contribution >= 0.6 is 0 Å². The van der Waals surface area contributed by atoms with E-state index in [1.54, 1.807) is 11.9 Å². The van der Waals surface area contributed by atoms with Crippen LogP contribution in [0.3, 0.4) is 0 Å². The molecule has 0 atom stereocenters. The van der Waals surface area contributed by atoms with Crippen molar-refractivity contribution in [3.05, 3.63) is 0 Å². The van der Waals surface area contributed by atoms with Crippen LogP contribution in [0.5, 0.6) is 0 Å². The summed E-state index contributed by atoms with van der Waals surface area (Å²) >= 11 is 0. The van der Waals surface area contributed by atoms with E-state index >= 15 is 0 Å². The highest BCUT2D eigenvalue weighted by molar-refractivity contribution is 5.78. The van der Waals surface area contributed by atoms with Gasteiger partial charge in [0.1, 0.15) is 0 Å². The molecule has 0 spiro atoms. The van der Waals surface area contributed by atoms with Gasteiger partial charge in [0.05, 0.1) is 19.6 Å². The second kappa shape index (κ2) is 14.2. The molecule has 0 saturated carbocycles. The van der Waals surface area contributed by atoms with E-state index in [4.69, 9.17) is 5.11 Å². The summed E-state index contributed by atoms with van der Waals surface area (Å²) in [7, 11) is 3.09. The lowest BCUT2D eigenvalue weighted by atomic mass is 10.4. The van der Waals surface area contributed by atoms with Gasteiger partial charge < -0.3 is 31.8 Å². The second-order valence-electron chi connectivity index (χ2n) is 4.38. The molecule has 0 aromatic heterocycles. The average molecular weight is 321 g/mol. The van der Waals surface area contributed by atoms with Crippen molar-refractivity contribution >= 4 is 17.8 Å². The zero-order valence-corrected chi connectivity index (χ0v) is 13.1. The molecule has 0 unspecified atom stereocenters. The molecular weight excluding hydrogens is 294 g/mol. The number of carbonyl (C=O) groups excluding carboxylic acids is 2. The number of rotatable bonds is 12. The van der Waals surface area contributed by atoms with Gasteiger partial charge in [-0.3, -0.25) is 19.3 Å². The van der Waals surface area contributed by atoms with Crippen molar-refractivity contribution in [2.75, 3.05) is 59.9 Å². The normalized spacial score (nSPS) is 9.95. The Hall–Kier alpha value is -1.75. The molecule has 10 nitrogen and oxygen atoms in total. The maximum atomic E-state index is 11.3. The molecule has 0 fully saturated rings. The summed E-state index contributed by atoms with van der Waals surface area (Å²) < 4.78 is 0. The van der Waals surface area contributed by atoms with E-state index in [-0.39, 0.29) is 36.9 Å². The van der Waals surface area contributed by atoms with Crippen molar-refractivity contribution in [3.8, 4) is 0 Å². The molecule has 0 aliphatic rings. The second-order valence-corrected chi connectivity index (χ2v) is 4.38. The maximum Gasteiger partial charge on any atom is 0.317 e. The smallest absolute Gasteiger partial charge is 0.317 e. The number of nitrogens with zero attached hydrogens (tertiary/aromatic N) is 1. The van der Waals surface area contributed by atoms with E-state index < -0.39 is 5.97 Å². The fraction of sp³-hybridized carbons (Fsp3) is 0.750. The van der Waals surface area contributed by atoms with Crippen LogP contribution in [0.25, 0.3) is 0 Å². The Labute approximate surface area is 129 Å². The monoisotopic (exact) mass is 321 g/mol. The number of carbonyl (C=O) groups is 3. The van der Waals surface area contributed by atoms with Gasteiger partial charge >= 0.3 is 5.97 Å². The first-order valence-electron chi connectivity index (χ1n) is 6.76. The quantitative estimate of drug-likeness (QED) is 0.231. The van der Waals surface area contributed by atoms with Gasteiger partial charge in [-0.15, -0.1) is 0 Å². The lowest BCUT2D eigenvalue weighted by Gasteiger charge is -2.19. The first-order valence-corrected chi connectivity index (χ1v) is 6.76. The van der Waals surface area contributed by atoms with Crippen molar-refractivity contribution < 1.29 is 25.0 Å². The van der Waals surface area contributed by atoms with Crippen molar-refractivity contribution in [3.63, 3.8) is 0 Å². The van der Waals surface area contributed by atoms with Crippen LogP contribution in [0.4, 0.5) is 0 Å². The zero-order valence-electron chi connectivity index (χ0n) is 13.1. The Morgan fingerprint density at radius 1 is 0.909 bits per heavy atom. The number of likely N-dealkylation sites (N-methyl/N-ethyl adjacent to an activating group) is 2. The molecule has 10 heteroatoms. The zero-order chi connectivity index (χ0) is 16.1. The average Bonchev–Trinajstić information content (AvgIpc) is 2.44. The molecule has 0 aromatic carbocycles. The summed E-state index contributed by atoms with van der Waals surface area (Å²) in [6, 6.07) is 0. The van der Waals surface area contributed by atoms with Crippen molar-refractivity contribution in [1.29, 1.82) is 0 Å². The topological polar surface area (TPSA) is 154 Å². The van der Waals surface area contributed by atoms with Crippen LogP contribution in [-0.4, -0.2) is 93.2 Å². The minimum absolute atomic E-state index is 0. The number of hydrogen-bond donors (Lipinski definition) is 5. The number of nitrogens with one attached hydrogen (secondary N) is 4. The van der Waals surface area contributed by atoms with Gasteiger partial charge in [0, 0.05) is 40.3 Å². The third kappa shape index (κ3) is 13.2. The van der Waals surface area contributed by atoms with E-state index in [9.17, 15) is 14.4 Å². The minimum atomic E-state index is -0.967. The molecule has 0 aliphatic carbocycles. The molecule has 22 heavy (non-hydrogen) atoms. The van der Waals surface area contributed by atoms with Gasteiger partial charge in [-0.1, -0.05) is 0 Å². The molecule has 0 heterocycles. The summed E-state index contributed by atoms with van der Waals surface area (Å²) in [6.07, 6.45) is 0. The third-order valence-corrected chi connectivity index (χ3v) is 2.65. The van der Waals surface area contributed by atoms with Crippen LogP contribution < -0.4 is 21.3 Å². The van der Waals surface area contributed by atoms with E-state index in [2.05, 4.69) is 21.3 Å². The van der Waals surface area contributed by atoms with Gasteiger partial charge in [0.25, 0.3) is 0 Å². The van der Waals surface area contributed by atoms with Crippen molar-refractivity contribution in [2.24, 2.45) is 0 Å². The molecule has 130 valence electrons. The predicted octanol–water partition coefficient (Wildman–Crippen LogP) is -3.78. The summed E-state index contributed by atoms with van der Waals surface area (Å²) in [5.74, 6) is -1.26. The van der Waals surface area contributed by atoms with Crippen molar-refractivity contribution in [1.82, 2.24) is 26.2 Å². The molecule has 0 aromatic rings. The first kappa shape index (κ1) is 22.5. The Bertz CT molecular complexity index is 340. The molecule has 0 rings (SSSR count). The lowest BCUT2D eigenvalue weighted by Crippen LogP contribution is -2.43. The van der Waals surface area contributed by atoms with Crippen molar-refractivity contribution in [2.45, 2.75) is 0 Å². The molecule has 0 radical (unpaired) electrons. The SMILES string of the molecule is CNC(=O)CNCCNCCN(CC(=O)O)CC(=O)NC.O. The Kier molecular flexibility index (Phi) is 14.5.